The molecule has 2 aromatic carbocycles. The van der Waals surface area contributed by atoms with E-state index in [0.29, 0.717) is 5.69 Å². The smallest absolute Gasteiger partial charge is 0.255 e. The molecule has 0 unspecified atom stereocenters. The fraction of sp³-hybridized carbons (Fsp3) is 0.103. The maximum absolute atomic E-state index is 13.6. The fourth-order valence-electron chi connectivity index (χ4n) is 3.50. The Morgan fingerprint density at radius 3 is 2.67 bits per heavy atom. The number of hydrogen-bond acceptors (Lipinski definition) is 5. The van der Waals surface area contributed by atoms with E-state index in [1.165, 1.54) is 6.20 Å². The minimum absolute atomic E-state index is 0.0234. The number of hydrogen-bond donors (Lipinski definition) is 2. The van der Waals surface area contributed by atoms with E-state index in [1.54, 1.807) is 55.3 Å². The molecule has 0 saturated carbocycles. The number of nitrogens with zero attached hydrogens (tertiary/aromatic N) is 4. The molecule has 178 valence electrons. The van der Waals surface area contributed by atoms with Gasteiger partial charge in [-0.25, -0.2) is 9.97 Å². The molecular weight excluding hydrogens is 448 g/mol. The molecule has 7 nitrogen and oxygen atoms in total. The molecule has 0 bridgehead atoms. The number of rotatable bonds is 6. The molecule has 0 aliphatic rings. The average Bonchev–Trinajstić information content (AvgIpc) is 3.41. The lowest BCUT2D eigenvalue weighted by Gasteiger charge is -2.13. The molecule has 7 heteroatoms. The van der Waals surface area contributed by atoms with Gasteiger partial charge in [0.05, 0.1) is 13.9 Å². The van der Waals surface area contributed by atoms with Crippen LogP contribution in [-0.2, 0) is 0 Å². The van der Waals surface area contributed by atoms with Gasteiger partial charge in [-0.1, -0.05) is 6.04 Å². The van der Waals surface area contributed by atoms with E-state index in [4.69, 9.17) is 8.22 Å². The van der Waals surface area contributed by atoms with Gasteiger partial charge in [-0.05, 0) is 91.9 Å². The van der Waals surface area contributed by atoms with E-state index in [-0.39, 0.29) is 64.3 Å². The van der Waals surface area contributed by atoms with Crippen LogP contribution in [0.2, 0.25) is 0 Å². The van der Waals surface area contributed by atoms with Crippen molar-refractivity contribution in [2.75, 3.05) is 10.6 Å². The Labute approximate surface area is 218 Å². The van der Waals surface area contributed by atoms with Crippen LogP contribution in [0.5, 0.6) is 0 Å². The summed E-state index contributed by atoms with van der Waals surface area (Å²) in [4.78, 5) is 26.4. The molecule has 0 atom stereocenters. The first-order chi connectivity index (χ1) is 20.0. The van der Waals surface area contributed by atoms with Crippen LogP contribution in [0.15, 0.2) is 91.5 Å². The van der Waals surface area contributed by atoms with Gasteiger partial charge in [0.15, 0.2) is 0 Å². The highest BCUT2D eigenvalue weighted by atomic mass is 16.1. The maximum Gasteiger partial charge on any atom is 0.255 e. The van der Waals surface area contributed by atoms with E-state index in [1.807, 2.05) is 19.1 Å². The Morgan fingerprint density at radius 1 is 1.00 bits per heavy atom. The summed E-state index contributed by atoms with van der Waals surface area (Å²) in [7, 11) is 0. The van der Waals surface area contributed by atoms with Crippen molar-refractivity contribution in [3.8, 4) is 16.9 Å². The third-order valence-corrected chi connectivity index (χ3v) is 5.28. The van der Waals surface area contributed by atoms with Crippen LogP contribution in [0.3, 0.4) is 0 Å². The molecule has 3 aromatic heterocycles. The second-order valence-corrected chi connectivity index (χ2v) is 8.16. The first kappa shape index (κ1) is 16.8. The number of benzene rings is 2. The number of carbonyl (C=O) groups excluding carboxylic acids is 1. The van der Waals surface area contributed by atoms with Gasteiger partial charge in [0.1, 0.15) is 0 Å². The van der Waals surface area contributed by atoms with Gasteiger partial charge in [-0.15, -0.1) is 0 Å². The maximum atomic E-state index is 13.6. The van der Waals surface area contributed by atoms with E-state index in [0.717, 1.165) is 11.1 Å². The number of amides is 1. The van der Waals surface area contributed by atoms with Crippen molar-refractivity contribution in [2.24, 2.45) is 0 Å². The van der Waals surface area contributed by atoms with Crippen molar-refractivity contribution in [1.82, 2.24) is 19.5 Å². The summed E-state index contributed by atoms with van der Waals surface area (Å²) < 4.78 is 53.2. The molecule has 2 N–H and O–H groups in total. The zero-order valence-electron chi connectivity index (χ0n) is 25.9. The minimum atomic E-state index is -0.930. The summed E-state index contributed by atoms with van der Waals surface area (Å²) in [6.07, 6.45) is 8.24. The van der Waals surface area contributed by atoms with Crippen LogP contribution in [0.25, 0.3) is 16.9 Å². The molecular formula is C29H26N6O. The van der Waals surface area contributed by atoms with Crippen molar-refractivity contribution in [2.45, 2.75) is 20.8 Å². The summed E-state index contributed by atoms with van der Waals surface area (Å²) in [5.74, 6) is -0.813. The van der Waals surface area contributed by atoms with Crippen LogP contribution >= 0.6 is 0 Å². The number of carbonyl (C=O) groups is 1. The third kappa shape index (κ3) is 5.15. The summed E-state index contributed by atoms with van der Waals surface area (Å²) in [6.45, 7) is 4.98. The van der Waals surface area contributed by atoms with Gasteiger partial charge >= 0.3 is 0 Å². The van der Waals surface area contributed by atoms with Crippen LogP contribution in [0.1, 0.15) is 35.3 Å². The quantitative estimate of drug-likeness (QED) is 0.300. The number of anilines is 3. The fourth-order valence-corrected chi connectivity index (χ4v) is 3.50. The van der Waals surface area contributed by atoms with Crippen molar-refractivity contribution in [1.29, 1.82) is 0 Å². The molecule has 1 amide bonds. The summed E-state index contributed by atoms with van der Waals surface area (Å²) in [6, 6.07) is 5.50. The second kappa shape index (κ2) is 9.84. The van der Waals surface area contributed by atoms with Crippen molar-refractivity contribution in [3.63, 3.8) is 0 Å². The lowest BCUT2D eigenvalue weighted by Crippen LogP contribution is -2.13. The van der Waals surface area contributed by atoms with Crippen LogP contribution in [0.4, 0.5) is 17.3 Å². The highest BCUT2D eigenvalue weighted by molar-refractivity contribution is 6.05. The average molecular weight is 481 g/mol. The minimum Gasteiger partial charge on any atom is -0.324 e. The van der Waals surface area contributed by atoms with Gasteiger partial charge < -0.3 is 15.2 Å². The van der Waals surface area contributed by atoms with Crippen LogP contribution in [0, 0.1) is 20.8 Å². The van der Waals surface area contributed by atoms with E-state index in [2.05, 4.69) is 25.6 Å². The summed E-state index contributed by atoms with van der Waals surface area (Å²) in [5, 5.41) is 5.46. The van der Waals surface area contributed by atoms with Crippen molar-refractivity contribution in [3.05, 3.63) is 114 Å². The highest BCUT2D eigenvalue weighted by Crippen LogP contribution is 2.24. The largest absolute Gasteiger partial charge is 0.324 e. The monoisotopic (exact) mass is 480 g/mol. The first-order valence-corrected chi connectivity index (χ1v) is 11.2. The molecule has 0 fully saturated rings. The first-order valence-electron chi connectivity index (χ1n) is 14.2. The van der Waals surface area contributed by atoms with Gasteiger partial charge in [0, 0.05) is 59.2 Å². The Bertz CT molecular complexity index is 1860. The predicted molar refractivity (Wildman–Crippen MR) is 143 cm³/mol. The predicted octanol–water partition coefficient (Wildman–Crippen LogP) is 6.25. The van der Waals surface area contributed by atoms with Crippen molar-refractivity contribution < 1.29 is 13.0 Å². The molecule has 0 saturated heterocycles. The SMILES string of the molecule is [2H]c1c([2H])c(C(=O)Nc2c([2H])c(C)c([2H])c(-n3ccc(C)c3)c2[2H])c([2H])c(Nc2nccc(-c3cccnc3)n2)c1C. The van der Waals surface area contributed by atoms with E-state index in [9.17, 15) is 4.79 Å². The Morgan fingerprint density at radius 2 is 1.89 bits per heavy atom. The summed E-state index contributed by atoms with van der Waals surface area (Å²) >= 11 is 0. The Kier molecular flexibility index (Phi) is 4.58. The molecule has 0 radical (unpaired) electrons. The van der Waals surface area contributed by atoms with Gasteiger partial charge in [-0.2, -0.15) is 0 Å². The van der Waals surface area contributed by atoms with Crippen molar-refractivity contribution >= 4 is 23.2 Å². The topological polar surface area (TPSA) is 84.7 Å². The number of aryl methyl sites for hydroxylation is 1. The van der Waals surface area contributed by atoms with E-state index < -0.39 is 17.5 Å². The molecule has 0 spiro atoms. The number of pyridine rings is 1. The number of nitrogens with one attached hydrogen (secondary N) is 2. The van der Waals surface area contributed by atoms with Gasteiger partial charge in [0.2, 0.25) is 5.95 Å². The molecule has 5 rings (SSSR count). The lowest BCUT2D eigenvalue weighted by atomic mass is 10.1. The zero-order valence-corrected chi connectivity index (χ0v) is 19.9. The lowest BCUT2D eigenvalue weighted by molar-refractivity contribution is 0.102. The Balaban J connectivity index is 1.55. The summed E-state index contributed by atoms with van der Waals surface area (Å²) in [5.41, 5.74) is 2.39. The van der Waals surface area contributed by atoms with Gasteiger partial charge in [-0.3, -0.25) is 9.78 Å². The third-order valence-electron chi connectivity index (χ3n) is 5.28. The second-order valence-electron chi connectivity index (χ2n) is 8.16. The zero-order chi connectivity index (χ0) is 30.3. The van der Waals surface area contributed by atoms with Crippen LogP contribution < -0.4 is 10.6 Å². The Hall–Kier alpha value is -4.78. The molecule has 0 aliphatic carbocycles. The highest BCUT2D eigenvalue weighted by Gasteiger charge is 2.12. The molecule has 3 heterocycles. The normalized spacial score (nSPS) is 13.1. The van der Waals surface area contributed by atoms with E-state index >= 15 is 0 Å². The van der Waals surface area contributed by atoms with Gasteiger partial charge in [0.25, 0.3) is 5.91 Å². The van der Waals surface area contributed by atoms with Crippen LogP contribution in [-0.4, -0.2) is 25.4 Å². The molecule has 36 heavy (non-hydrogen) atoms. The standard InChI is InChI=1S/C29H26N6O/c1-19-9-12-35(18-19)25-14-20(2)13-24(16-25)32-28(36)22-7-6-21(3)27(15-22)34-29-31-11-8-26(33-29)23-5-4-10-30-17-23/h4-18H,1-3H3,(H,32,36)(H,31,33,34)/i6D,7D,13D,14D,15D,16D. The molecule has 0 aliphatic heterocycles. The number of aromatic nitrogens is 4. The molecule has 5 aromatic rings.